The van der Waals surface area contributed by atoms with E-state index in [1.807, 2.05) is 0 Å². The van der Waals surface area contributed by atoms with Crippen LogP contribution in [0.3, 0.4) is 0 Å². The first kappa shape index (κ1) is 9.89. The molecule has 2 heterocycles. The van der Waals surface area contributed by atoms with Crippen LogP contribution in [0.4, 0.5) is 0 Å². The van der Waals surface area contributed by atoms with Gasteiger partial charge < -0.3 is 9.74 Å². The SMILES string of the molecule is CN(C)C(=O)CN1C[C@H]2CON[C@H]2C1. The average molecular weight is 199 g/mol. The number of carbonyl (C=O) groups excluding carboxylic acids is 1. The normalized spacial score (nSPS) is 31.9. The molecule has 0 unspecified atom stereocenters. The van der Waals surface area contributed by atoms with E-state index in [1.165, 1.54) is 0 Å². The van der Waals surface area contributed by atoms with Crippen molar-refractivity contribution in [1.29, 1.82) is 0 Å². The molecule has 0 radical (unpaired) electrons. The number of fused-ring (bicyclic) bond motifs is 1. The maximum Gasteiger partial charge on any atom is 0.236 e. The summed E-state index contributed by atoms with van der Waals surface area (Å²) < 4.78 is 0. The number of nitrogens with zero attached hydrogens (tertiary/aromatic N) is 2. The molecule has 0 spiro atoms. The first-order chi connectivity index (χ1) is 6.66. The molecule has 0 aromatic rings. The van der Waals surface area contributed by atoms with Gasteiger partial charge >= 0.3 is 0 Å². The minimum absolute atomic E-state index is 0.172. The summed E-state index contributed by atoms with van der Waals surface area (Å²) >= 11 is 0. The van der Waals surface area contributed by atoms with Gasteiger partial charge in [-0.2, -0.15) is 5.48 Å². The summed E-state index contributed by atoms with van der Waals surface area (Å²) in [7, 11) is 3.58. The topological polar surface area (TPSA) is 44.8 Å². The van der Waals surface area contributed by atoms with E-state index in [0.29, 0.717) is 18.5 Å². The number of hydrogen-bond donors (Lipinski definition) is 1. The molecular formula is C9H17N3O2. The molecule has 2 aliphatic heterocycles. The molecule has 80 valence electrons. The summed E-state index contributed by atoms with van der Waals surface area (Å²) in [6.07, 6.45) is 0. The predicted octanol–water partition coefficient (Wildman–Crippen LogP) is -1.09. The Morgan fingerprint density at radius 2 is 2.36 bits per heavy atom. The van der Waals surface area contributed by atoms with E-state index >= 15 is 0 Å². The van der Waals surface area contributed by atoms with Gasteiger partial charge in [0.25, 0.3) is 0 Å². The molecule has 1 N–H and O–H groups in total. The quantitative estimate of drug-likeness (QED) is 0.614. The van der Waals surface area contributed by atoms with Crippen LogP contribution in [0.5, 0.6) is 0 Å². The second-order valence-corrected chi connectivity index (χ2v) is 4.28. The van der Waals surface area contributed by atoms with Crippen LogP contribution in [0.25, 0.3) is 0 Å². The van der Waals surface area contributed by atoms with E-state index in [1.54, 1.807) is 19.0 Å². The van der Waals surface area contributed by atoms with Crippen molar-refractivity contribution in [3.63, 3.8) is 0 Å². The van der Waals surface area contributed by atoms with Gasteiger partial charge in [-0.3, -0.25) is 9.69 Å². The van der Waals surface area contributed by atoms with Gasteiger partial charge in [0.15, 0.2) is 0 Å². The van der Waals surface area contributed by atoms with Crippen LogP contribution < -0.4 is 5.48 Å². The molecule has 2 rings (SSSR count). The van der Waals surface area contributed by atoms with Gasteiger partial charge in [0.05, 0.1) is 19.2 Å². The Morgan fingerprint density at radius 1 is 1.57 bits per heavy atom. The Bertz CT molecular complexity index is 220. The third-order valence-corrected chi connectivity index (χ3v) is 2.91. The zero-order valence-corrected chi connectivity index (χ0v) is 8.69. The summed E-state index contributed by atoms with van der Waals surface area (Å²) in [6, 6.07) is 0.421. The Kier molecular flexibility index (Phi) is 2.71. The highest BCUT2D eigenvalue weighted by Crippen LogP contribution is 2.21. The molecule has 5 nitrogen and oxygen atoms in total. The van der Waals surface area contributed by atoms with Crippen molar-refractivity contribution in [2.75, 3.05) is 40.3 Å². The van der Waals surface area contributed by atoms with Crippen LogP contribution in [0.1, 0.15) is 0 Å². The fraction of sp³-hybridized carbons (Fsp3) is 0.889. The Labute approximate surface area is 83.9 Å². The number of nitrogens with one attached hydrogen (secondary N) is 1. The lowest BCUT2D eigenvalue weighted by Crippen LogP contribution is -2.37. The number of rotatable bonds is 2. The minimum atomic E-state index is 0.172. The molecule has 2 fully saturated rings. The van der Waals surface area contributed by atoms with E-state index in [-0.39, 0.29) is 5.91 Å². The van der Waals surface area contributed by atoms with Gasteiger partial charge in [-0.05, 0) is 0 Å². The average Bonchev–Trinajstić information content (AvgIpc) is 2.63. The molecular weight excluding hydrogens is 182 g/mol. The lowest BCUT2D eigenvalue weighted by molar-refractivity contribution is -0.129. The van der Waals surface area contributed by atoms with Crippen LogP contribution >= 0.6 is 0 Å². The second kappa shape index (κ2) is 3.84. The van der Waals surface area contributed by atoms with E-state index < -0.39 is 0 Å². The number of carbonyl (C=O) groups is 1. The Morgan fingerprint density at radius 3 is 3.00 bits per heavy atom. The van der Waals surface area contributed by atoms with Crippen molar-refractivity contribution in [3.8, 4) is 0 Å². The van der Waals surface area contributed by atoms with Crippen molar-refractivity contribution >= 4 is 5.91 Å². The number of likely N-dealkylation sites (N-methyl/N-ethyl adjacent to an activating group) is 1. The largest absolute Gasteiger partial charge is 0.348 e. The van der Waals surface area contributed by atoms with Crippen LogP contribution in [-0.2, 0) is 9.63 Å². The summed E-state index contributed by atoms with van der Waals surface area (Å²) in [5, 5.41) is 0. The Balaban J connectivity index is 1.82. The summed E-state index contributed by atoms with van der Waals surface area (Å²) in [4.78, 5) is 20.4. The lowest BCUT2D eigenvalue weighted by atomic mass is 10.1. The third-order valence-electron chi connectivity index (χ3n) is 2.91. The highest BCUT2D eigenvalue weighted by molar-refractivity contribution is 5.77. The fourth-order valence-electron chi connectivity index (χ4n) is 1.99. The molecule has 0 aromatic carbocycles. The van der Waals surface area contributed by atoms with Crippen molar-refractivity contribution in [3.05, 3.63) is 0 Å². The molecule has 0 saturated carbocycles. The summed E-state index contributed by atoms with van der Waals surface area (Å²) in [5.41, 5.74) is 2.98. The van der Waals surface area contributed by atoms with Crippen LogP contribution in [-0.4, -0.2) is 62.1 Å². The molecule has 0 aromatic heterocycles. The van der Waals surface area contributed by atoms with Crippen molar-refractivity contribution in [1.82, 2.24) is 15.3 Å². The first-order valence-corrected chi connectivity index (χ1v) is 4.96. The standard InChI is InChI=1S/C9H17N3O2/c1-11(2)9(13)5-12-3-7-6-14-10-8(7)4-12/h7-8,10H,3-6H2,1-2H3/t7-,8-/m0/s1. The molecule has 2 saturated heterocycles. The van der Waals surface area contributed by atoms with Gasteiger partial charge in [-0.25, -0.2) is 0 Å². The van der Waals surface area contributed by atoms with E-state index in [2.05, 4.69) is 10.4 Å². The van der Waals surface area contributed by atoms with E-state index in [4.69, 9.17) is 4.84 Å². The number of hydrogen-bond acceptors (Lipinski definition) is 4. The maximum atomic E-state index is 11.5. The molecule has 0 bridgehead atoms. The van der Waals surface area contributed by atoms with Crippen molar-refractivity contribution in [2.45, 2.75) is 6.04 Å². The van der Waals surface area contributed by atoms with Gasteiger partial charge in [-0.1, -0.05) is 0 Å². The number of amides is 1. The second-order valence-electron chi connectivity index (χ2n) is 4.28. The van der Waals surface area contributed by atoms with Crippen LogP contribution in [0.2, 0.25) is 0 Å². The highest BCUT2D eigenvalue weighted by Gasteiger charge is 2.37. The first-order valence-electron chi connectivity index (χ1n) is 4.96. The van der Waals surface area contributed by atoms with Gasteiger partial charge in [0.2, 0.25) is 5.91 Å². The predicted molar refractivity (Wildman–Crippen MR) is 51.5 cm³/mol. The van der Waals surface area contributed by atoms with E-state index in [0.717, 1.165) is 19.7 Å². The van der Waals surface area contributed by atoms with Crippen molar-refractivity contribution < 1.29 is 9.63 Å². The third kappa shape index (κ3) is 1.89. The minimum Gasteiger partial charge on any atom is -0.348 e. The molecule has 14 heavy (non-hydrogen) atoms. The molecule has 0 aliphatic carbocycles. The lowest BCUT2D eigenvalue weighted by Gasteiger charge is -2.18. The van der Waals surface area contributed by atoms with Crippen molar-refractivity contribution in [2.24, 2.45) is 5.92 Å². The van der Waals surface area contributed by atoms with Gasteiger partial charge in [0, 0.05) is 33.1 Å². The van der Waals surface area contributed by atoms with Crippen LogP contribution in [0, 0.1) is 5.92 Å². The van der Waals surface area contributed by atoms with E-state index in [9.17, 15) is 4.79 Å². The summed E-state index contributed by atoms with van der Waals surface area (Å²) in [6.45, 7) is 3.19. The monoisotopic (exact) mass is 199 g/mol. The molecule has 1 amide bonds. The maximum absolute atomic E-state index is 11.5. The van der Waals surface area contributed by atoms with Gasteiger partial charge in [-0.15, -0.1) is 0 Å². The fourth-order valence-corrected chi connectivity index (χ4v) is 1.99. The smallest absolute Gasteiger partial charge is 0.236 e. The molecule has 2 atom stereocenters. The zero-order valence-electron chi connectivity index (χ0n) is 8.69. The summed E-state index contributed by atoms with van der Waals surface area (Å²) in [5.74, 6) is 0.732. The number of likely N-dealkylation sites (tertiary alicyclic amines) is 1. The molecule has 2 aliphatic rings. The highest BCUT2D eigenvalue weighted by atomic mass is 16.7. The zero-order chi connectivity index (χ0) is 10.1. The Hall–Kier alpha value is -0.650. The van der Waals surface area contributed by atoms with Crippen LogP contribution in [0.15, 0.2) is 0 Å². The number of hydroxylamine groups is 1. The molecule has 5 heteroatoms. The van der Waals surface area contributed by atoms with Gasteiger partial charge in [0.1, 0.15) is 0 Å².